The van der Waals surface area contributed by atoms with E-state index in [1.54, 1.807) is 31.6 Å². The van der Waals surface area contributed by atoms with Crippen molar-refractivity contribution in [3.8, 4) is 5.88 Å². The Hall–Kier alpha value is -2.89. The summed E-state index contributed by atoms with van der Waals surface area (Å²) >= 11 is 0. The highest BCUT2D eigenvalue weighted by Gasteiger charge is 2.26. The number of rotatable bonds is 3. The van der Waals surface area contributed by atoms with Crippen molar-refractivity contribution in [2.75, 3.05) is 20.2 Å². The van der Waals surface area contributed by atoms with Crippen molar-refractivity contribution >= 4 is 16.9 Å². The van der Waals surface area contributed by atoms with Crippen LogP contribution in [0.5, 0.6) is 5.88 Å². The molecule has 4 rings (SSSR count). The summed E-state index contributed by atoms with van der Waals surface area (Å²) in [5.41, 5.74) is 2.84. The predicted molar refractivity (Wildman–Crippen MR) is 94.8 cm³/mol. The van der Waals surface area contributed by atoms with Gasteiger partial charge in [0.1, 0.15) is 5.65 Å². The number of H-pyrrole nitrogens is 1. The molecule has 6 heteroatoms. The van der Waals surface area contributed by atoms with E-state index >= 15 is 0 Å². The van der Waals surface area contributed by atoms with Gasteiger partial charge in [0.25, 0.3) is 5.91 Å². The first-order chi connectivity index (χ1) is 12.3. The van der Waals surface area contributed by atoms with Crippen LogP contribution in [0.25, 0.3) is 11.0 Å². The maximum Gasteiger partial charge on any atom is 0.255 e. The van der Waals surface area contributed by atoms with Gasteiger partial charge in [-0.25, -0.2) is 9.97 Å². The lowest BCUT2D eigenvalue weighted by molar-refractivity contribution is 0.0713. The highest BCUT2D eigenvalue weighted by atomic mass is 16.5. The third-order valence-corrected chi connectivity index (χ3v) is 4.90. The maximum atomic E-state index is 12.6. The Morgan fingerprint density at radius 2 is 2.08 bits per heavy atom. The van der Waals surface area contributed by atoms with E-state index in [2.05, 4.69) is 27.2 Å². The summed E-state index contributed by atoms with van der Waals surface area (Å²) in [7, 11) is 1.56. The van der Waals surface area contributed by atoms with Gasteiger partial charge in [-0.2, -0.15) is 0 Å². The van der Waals surface area contributed by atoms with Gasteiger partial charge in [0.2, 0.25) is 5.88 Å². The van der Waals surface area contributed by atoms with Crippen LogP contribution in [0.15, 0.2) is 42.9 Å². The number of amides is 1. The second-order valence-electron chi connectivity index (χ2n) is 6.30. The fourth-order valence-corrected chi connectivity index (χ4v) is 3.52. The molecule has 0 aromatic carbocycles. The first-order valence-corrected chi connectivity index (χ1v) is 8.47. The molecule has 1 amide bonds. The smallest absolute Gasteiger partial charge is 0.255 e. The van der Waals surface area contributed by atoms with Gasteiger partial charge >= 0.3 is 0 Å². The number of hydrogen-bond donors (Lipinski definition) is 1. The number of hydrogen-bond acceptors (Lipinski definition) is 4. The zero-order valence-corrected chi connectivity index (χ0v) is 14.1. The number of methoxy groups -OCH3 is 1. The lowest BCUT2D eigenvalue weighted by Crippen LogP contribution is -2.37. The van der Waals surface area contributed by atoms with Crippen LogP contribution in [-0.4, -0.2) is 46.0 Å². The van der Waals surface area contributed by atoms with Crippen LogP contribution in [0.1, 0.15) is 34.7 Å². The second-order valence-corrected chi connectivity index (χ2v) is 6.30. The molecule has 3 aromatic heterocycles. The normalized spacial score (nSPS) is 15.5. The van der Waals surface area contributed by atoms with Crippen LogP contribution in [0, 0.1) is 0 Å². The topological polar surface area (TPSA) is 71.1 Å². The Bertz CT molecular complexity index is 880. The summed E-state index contributed by atoms with van der Waals surface area (Å²) in [4.78, 5) is 26.3. The molecule has 128 valence electrons. The molecule has 1 saturated heterocycles. The number of pyridine rings is 2. The molecule has 4 heterocycles. The minimum absolute atomic E-state index is 0.0363. The molecule has 3 aromatic rings. The molecular weight excluding hydrogens is 316 g/mol. The van der Waals surface area contributed by atoms with Crippen molar-refractivity contribution in [1.82, 2.24) is 19.9 Å². The zero-order chi connectivity index (χ0) is 17.2. The lowest BCUT2D eigenvalue weighted by atomic mass is 9.89. The van der Waals surface area contributed by atoms with Gasteiger partial charge in [-0.3, -0.25) is 4.79 Å². The van der Waals surface area contributed by atoms with E-state index in [-0.39, 0.29) is 5.91 Å². The number of aromatic nitrogens is 3. The molecule has 25 heavy (non-hydrogen) atoms. The molecule has 6 nitrogen and oxygen atoms in total. The van der Waals surface area contributed by atoms with Gasteiger partial charge in [-0.1, -0.05) is 0 Å². The van der Waals surface area contributed by atoms with Gasteiger partial charge in [0.15, 0.2) is 0 Å². The first kappa shape index (κ1) is 15.6. The molecule has 0 unspecified atom stereocenters. The van der Waals surface area contributed by atoms with Crippen molar-refractivity contribution in [1.29, 1.82) is 0 Å². The van der Waals surface area contributed by atoms with Crippen LogP contribution in [0.4, 0.5) is 0 Å². The largest absolute Gasteiger partial charge is 0.481 e. The standard InChI is InChI=1S/C19H20N4O2/c1-25-17-5-4-14(11-21-17)19(24)23-9-6-13(7-10-23)16-12-22-18-15(16)3-2-8-20-18/h2-5,8,11-13H,6-7,9-10H2,1H3,(H,20,22). The Labute approximate surface area is 145 Å². The minimum Gasteiger partial charge on any atom is -0.481 e. The monoisotopic (exact) mass is 336 g/mol. The van der Waals surface area contributed by atoms with Crippen molar-refractivity contribution < 1.29 is 9.53 Å². The summed E-state index contributed by atoms with van der Waals surface area (Å²) in [5.74, 6) is 1.01. The molecule has 0 spiro atoms. The summed E-state index contributed by atoms with van der Waals surface area (Å²) < 4.78 is 5.04. The number of nitrogens with one attached hydrogen (secondary N) is 1. The van der Waals surface area contributed by atoms with Gasteiger partial charge in [0.05, 0.1) is 12.7 Å². The van der Waals surface area contributed by atoms with E-state index in [0.717, 1.165) is 31.6 Å². The van der Waals surface area contributed by atoms with E-state index < -0.39 is 0 Å². The number of likely N-dealkylation sites (tertiary alicyclic amines) is 1. The number of ether oxygens (including phenoxy) is 1. The number of carbonyl (C=O) groups is 1. The molecule has 0 radical (unpaired) electrons. The van der Waals surface area contributed by atoms with E-state index in [0.29, 0.717) is 17.4 Å². The van der Waals surface area contributed by atoms with Gasteiger partial charge in [-0.15, -0.1) is 0 Å². The van der Waals surface area contributed by atoms with Crippen molar-refractivity contribution in [2.45, 2.75) is 18.8 Å². The third kappa shape index (κ3) is 2.95. The third-order valence-electron chi connectivity index (χ3n) is 4.90. The van der Waals surface area contributed by atoms with Gasteiger partial charge < -0.3 is 14.6 Å². The number of aromatic amines is 1. The lowest BCUT2D eigenvalue weighted by Gasteiger charge is -2.32. The summed E-state index contributed by atoms with van der Waals surface area (Å²) in [5, 5.41) is 1.19. The summed E-state index contributed by atoms with van der Waals surface area (Å²) in [6.45, 7) is 1.50. The van der Waals surface area contributed by atoms with Crippen LogP contribution >= 0.6 is 0 Å². The Morgan fingerprint density at radius 3 is 2.80 bits per heavy atom. The molecule has 0 aliphatic carbocycles. The maximum absolute atomic E-state index is 12.6. The summed E-state index contributed by atoms with van der Waals surface area (Å²) in [6.07, 6.45) is 7.35. The second kappa shape index (κ2) is 6.55. The SMILES string of the molecule is COc1ccc(C(=O)N2CCC(c3c[nH]c4ncccc34)CC2)cn1. The van der Waals surface area contributed by atoms with Crippen molar-refractivity contribution in [3.63, 3.8) is 0 Å². The average molecular weight is 336 g/mol. The molecule has 0 saturated carbocycles. The summed E-state index contributed by atoms with van der Waals surface area (Å²) in [6, 6.07) is 7.56. The number of piperidine rings is 1. The van der Waals surface area contributed by atoms with E-state index in [1.165, 1.54) is 10.9 Å². The van der Waals surface area contributed by atoms with Gasteiger partial charge in [0, 0.05) is 43.1 Å². The van der Waals surface area contributed by atoms with E-state index in [1.807, 2.05) is 11.0 Å². The van der Waals surface area contributed by atoms with Crippen molar-refractivity contribution in [3.05, 3.63) is 54.0 Å². The minimum atomic E-state index is 0.0363. The average Bonchev–Trinajstić information content (AvgIpc) is 3.12. The number of carbonyl (C=O) groups excluding carboxylic acids is 1. The van der Waals surface area contributed by atoms with Crippen LogP contribution in [-0.2, 0) is 0 Å². The highest BCUT2D eigenvalue weighted by molar-refractivity contribution is 5.94. The predicted octanol–water partition coefficient (Wildman–Crippen LogP) is 2.99. The Balaban J connectivity index is 1.44. The fourth-order valence-electron chi connectivity index (χ4n) is 3.52. The molecule has 0 atom stereocenters. The van der Waals surface area contributed by atoms with Crippen LogP contribution in [0.2, 0.25) is 0 Å². The van der Waals surface area contributed by atoms with Crippen LogP contribution in [0.3, 0.4) is 0 Å². The molecule has 1 aliphatic rings. The van der Waals surface area contributed by atoms with Crippen molar-refractivity contribution in [2.24, 2.45) is 0 Å². The molecule has 0 bridgehead atoms. The Kier molecular flexibility index (Phi) is 4.09. The zero-order valence-electron chi connectivity index (χ0n) is 14.1. The quantitative estimate of drug-likeness (QED) is 0.798. The number of fused-ring (bicyclic) bond motifs is 1. The number of nitrogens with zero attached hydrogens (tertiary/aromatic N) is 3. The fraction of sp³-hybridized carbons (Fsp3) is 0.316. The molecule has 1 N–H and O–H groups in total. The molecular formula is C19H20N4O2. The van der Waals surface area contributed by atoms with Crippen LogP contribution < -0.4 is 4.74 Å². The van der Waals surface area contributed by atoms with Gasteiger partial charge in [-0.05, 0) is 42.5 Å². The Morgan fingerprint density at radius 1 is 1.24 bits per heavy atom. The van der Waals surface area contributed by atoms with E-state index in [4.69, 9.17) is 4.74 Å². The molecule has 1 aliphatic heterocycles. The highest BCUT2D eigenvalue weighted by Crippen LogP contribution is 2.32. The molecule has 1 fully saturated rings. The van der Waals surface area contributed by atoms with E-state index in [9.17, 15) is 4.79 Å². The first-order valence-electron chi connectivity index (χ1n) is 8.47.